The van der Waals surface area contributed by atoms with Gasteiger partial charge in [0.2, 0.25) is 0 Å². The SMILES string of the molecule is COC(=O)c1ccc(Oc2cccc3cc(C(F)F)oc23)cc1Cl. The van der Waals surface area contributed by atoms with Crippen molar-refractivity contribution in [3.8, 4) is 11.5 Å². The first kappa shape index (κ1) is 16.3. The number of halogens is 3. The average molecular weight is 353 g/mol. The van der Waals surface area contributed by atoms with E-state index in [1.54, 1.807) is 18.2 Å². The Morgan fingerprint density at radius 2 is 2.00 bits per heavy atom. The Kier molecular flexibility index (Phi) is 4.40. The lowest BCUT2D eigenvalue weighted by Gasteiger charge is -2.08. The maximum atomic E-state index is 12.8. The van der Waals surface area contributed by atoms with E-state index in [-0.39, 0.29) is 21.9 Å². The highest BCUT2D eigenvalue weighted by Crippen LogP contribution is 2.35. The van der Waals surface area contributed by atoms with Crippen LogP contribution in [0.2, 0.25) is 5.02 Å². The highest BCUT2D eigenvalue weighted by atomic mass is 35.5. The van der Waals surface area contributed by atoms with Crippen LogP contribution in [0.5, 0.6) is 11.5 Å². The molecule has 2 aromatic carbocycles. The molecule has 0 spiro atoms. The molecule has 1 aromatic heterocycles. The van der Waals surface area contributed by atoms with Gasteiger partial charge in [0.1, 0.15) is 5.75 Å². The van der Waals surface area contributed by atoms with Gasteiger partial charge in [0.15, 0.2) is 17.1 Å². The van der Waals surface area contributed by atoms with Gasteiger partial charge in [-0.1, -0.05) is 23.7 Å². The standard InChI is InChI=1S/C17H11ClF2O4/c1-22-17(21)11-6-5-10(8-12(11)18)23-13-4-2-3-9-7-14(16(19)20)24-15(9)13/h2-8,16H,1H3. The molecule has 3 rings (SSSR count). The van der Waals surface area contributed by atoms with E-state index in [0.29, 0.717) is 11.1 Å². The number of alkyl halides is 2. The summed E-state index contributed by atoms with van der Waals surface area (Å²) >= 11 is 6.03. The van der Waals surface area contributed by atoms with Gasteiger partial charge < -0.3 is 13.9 Å². The number of carbonyl (C=O) groups excluding carboxylic acids is 1. The van der Waals surface area contributed by atoms with Gasteiger partial charge in [-0.15, -0.1) is 0 Å². The van der Waals surface area contributed by atoms with E-state index >= 15 is 0 Å². The predicted molar refractivity (Wildman–Crippen MR) is 84.0 cm³/mol. The summed E-state index contributed by atoms with van der Waals surface area (Å²) in [4.78, 5) is 11.5. The van der Waals surface area contributed by atoms with Crippen LogP contribution in [0.3, 0.4) is 0 Å². The molecule has 0 unspecified atom stereocenters. The van der Waals surface area contributed by atoms with Crippen LogP contribution in [0.25, 0.3) is 11.0 Å². The topological polar surface area (TPSA) is 48.7 Å². The minimum absolute atomic E-state index is 0.152. The van der Waals surface area contributed by atoms with E-state index in [0.717, 1.165) is 0 Å². The van der Waals surface area contributed by atoms with Crippen molar-refractivity contribution in [1.82, 2.24) is 0 Å². The first-order chi connectivity index (χ1) is 11.5. The quantitative estimate of drug-likeness (QED) is 0.573. The second kappa shape index (κ2) is 6.49. The van der Waals surface area contributed by atoms with Crippen LogP contribution in [-0.2, 0) is 4.74 Å². The summed E-state index contributed by atoms with van der Waals surface area (Å²) < 4.78 is 41.0. The number of carbonyl (C=O) groups is 1. The van der Waals surface area contributed by atoms with Crippen molar-refractivity contribution in [3.05, 3.63) is 58.8 Å². The fourth-order valence-electron chi connectivity index (χ4n) is 2.21. The third-order valence-electron chi connectivity index (χ3n) is 3.32. The number of ether oxygens (including phenoxy) is 2. The first-order valence-corrected chi connectivity index (χ1v) is 7.23. The number of esters is 1. The molecule has 0 fully saturated rings. The van der Waals surface area contributed by atoms with Crippen molar-refractivity contribution in [1.29, 1.82) is 0 Å². The third-order valence-corrected chi connectivity index (χ3v) is 3.63. The second-order valence-electron chi connectivity index (χ2n) is 4.86. The normalized spacial score (nSPS) is 11.0. The molecular formula is C17H11ClF2O4. The van der Waals surface area contributed by atoms with Crippen molar-refractivity contribution in [3.63, 3.8) is 0 Å². The van der Waals surface area contributed by atoms with Gasteiger partial charge >= 0.3 is 5.97 Å². The van der Waals surface area contributed by atoms with E-state index in [2.05, 4.69) is 4.74 Å². The van der Waals surface area contributed by atoms with Crippen LogP contribution in [0.4, 0.5) is 8.78 Å². The van der Waals surface area contributed by atoms with Crippen LogP contribution in [0.1, 0.15) is 22.5 Å². The lowest BCUT2D eigenvalue weighted by Crippen LogP contribution is -2.01. The number of benzene rings is 2. The molecule has 3 aromatic rings. The Labute approximate surface area is 140 Å². The van der Waals surface area contributed by atoms with E-state index in [4.69, 9.17) is 20.8 Å². The van der Waals surface area contributed by atoms with E-state index in [9.17, 15) is 13.6 Å². The predicted octanol–water partition coefficient (Wildman–Crippen LogP) is 5.60. The molecule has 0 N–H and O–H groups in total. The van der Waals surface area contributed by atoms with Gasteiger partial charge in [0, 0.05) is 11.5 Å². The second-order valence-corrected chi connectivity index (χ2v) is 5.27. The maximum Gasteiger partial charge on any atom is 0.339 e. The largest absolute Gasteiger partial charge is 0.465 e. The van der Waals surface area contributed by atoms with Gasteiger partial charge in [-0.25, -0.2) is 13.6 Å². The highest BCUT2D eigenvalue weighted by Gasteiger charge is 2.17. The Bertz CT molecular complexity index is 905. The molecule has 0 atom stereocenters. The molecular weight excluding hydrogens is 342 g/mol. The summed E-state index contributed by atoms with van der Waals surface area (Å²) in [6, 6.07) is 10.6. The van der Waals surface area contributed by atoms with Crippen molar-refractivity contribution >= 4 is 28.5 Å². The molecule has 0 saturated carbocycles. The third kappa shape index (κ3) is 3.05. The molecule has 7 heteroatoms. The number of para-hydroxylation sites is 1. The molecule has 1 heterocycles. The van der Waals surface area contributed by atoms with Crippen LogP contribution in [0.15, 0.2) is 46.9 Å². The van der Waals surface area contributed by atoms with E-state index < -0.39 is 18.2 Å². The minimum Gasteiger partial charge on any atom is -0.465 e. The molecule has 0 radical (unpaired) electrons. The van der Waals surface area contributed by atoms with Gasteiger partial charge in [0.25, 0.3) is 6.43 Å². The molecule has 4 nitrogen and oxygen atoms in total. The molecule has 124 valence electrons. The molecule has 0 bridgehead atoms. The zero-order chi connectivity index (χ0) is 17.3. The summed E-state index contributed by atoms with van der Waals surface area (Å²) in [6.07, 6.45) is -2.71. The Balaban J connectivity index is 1.95. The Hall–Kier alpha value is -2.60. The van der Waals surface area contributed by atoms with Gasteiger partial charge in [0.05, 0.1) is 17.7 Å². The summed E-state index contributed by atoms with van der Waals surface area (Å²) in [6.45, 7) is 0. The molecule has 24 heavy (non-hydrogen) atoms. The van der Waals surface area contributed by atoms with Crippen LogP contribution in [0, 0.1) is 0 Å². The summed E-state index contributed by atoms with van der Waals surface area (Å²) in [5, 5.41) is 0.652. The zero-order valence-corrected chi connectivity index (χ0v) is 13.1. The number of methoxy groups -OCH3 is 1. The Morgan fingerprint density at radius 3 is 2.67 bits per heavy atom. The molecule has 0 aliphatic rings. The number of fused-ring (bicyclic) bond motifs is 1. The number of hydrogen-bond donors (Lipinski definition) is 0. The smallest absolute Gasteiger partial charge is 0.339 e. The summed E-state index contributed by atoms with van der Waals surface area (Å²) in [7, 11) is 1.25. The van der Waals surface area contributed by atoms with Crippen molar-refractivity contribution in [2.24, 2.45) is 0 Å². The Morgan fingerprint density at radius 1 is 1.21 bits per heavy atom. The monoisotopic (exact) mass is 352 g/mol. The lowest BCUT2D eigenvalue weighted by molar-refractivity contribution is 0.0601. The van der Waals surface area contributed by atoms with Crippen molar-refractivity contribution in [2.45, 2.75) is 6.43 Å². The van der Waals surface area contributed by atoms with Crippen molar-refractivity contribution in [2.75, 3.05) is 7.11 Å². The number of rotatable bonds is 4. The zero-order valence-electron chi connectivity index (χ0n) is 12.4. The van der Waals surface area contributed by atoms with Crippen LogP contribution >= 0.6 is 11.6 Å². The summed E-state index contributed by atoms with van der Waals surface area (Å²) in [5.74, 6) is -0.405. The first-order valence-electron chi connectivity index (χ1n) is 6.86. The van der Waals surface area contributed by atoms with E-state index in [1.807, 2.05) is 0 Å². The average Bonchev–Trinajstić information content (AvgIpc) is 3.00. The fraction of sp³-hybridized carbons (Fsp3) is 0.118. The minimum atomic E-state index is -2.71. The van der Waals surface area contributed by atoms with Crippen molar-refractivity contribution < 1.29 is 27.5 Å². The molecule has 0 aliphatic heterocycles. The van der Waals surface area contributed by atoms with Crippen LogP contribution < -0.4 is 4.74 Å². The van der Waals surface area contributed by atoms with Crippen LogP contribution in [-0.4, -0.2) is 13.1 Å². The fourth-order valence-corrected chi connectivity index (χ4v) is 2.45. The van der Waals surface area contributed by atoms with Gasteiger partial charge in [-0.2, -0.15) is 0 Å². The lowest BCUT2D eigenvalue weighted by atomic mass is 10.2. The number of hydrogen-bond acceptors (Lipinski definition) is 4. The van der Waals surface area contributed by atoms with Gasteiger partial charge in [-0.05, 0) is 24.3 Å². The van der Waals surface area contributed by atoms with Gasteiger partial charge in [-0.3, -0.25) is 0 Å². The summed E-state index contributed by atoms with van der Waals surface area (Å²) in [5.41, 5.74) is 0.406. The maximum absolute atomic E-state index is 12.8. The molecule has 0 saturated heterocycles. The highest BCUT2D eigenvalue weighted by molar-refractivity contribution is 6.33. The van der Waals surface area contributed by atoms with E-state index in [1.165, 1.54) is 31.4 Å². The number of furan rings is 1. The molecule has 0 amide bonds. The molecule has 0 aliphatic carbocycles.